The maximum absolute atomic E-state index is 15.3. The van der Waals surface area contributed by atoms with E-state index in [0.717, 1.165) is 35.1 Å². The first-order chi connectivity index (χ1) is 25.3. The van der Waals surface area contributed by atoms with Crippen molar-refractivity contribution >= 4 is 46.6 Å². The van der Waals surface area contributed by atoms with E-state index in [9.17, 15) is 32.7 Å². The average Bonchev–Trinajstić information content (AvgIpc) is 3.53. The number of imide groups is 2. The van der Waals surface area contributed by atoms with Gasteiger partial charge in [0.1, 0.15) is 11.5 Å². The maximum Gasteiger partial charge on any atom is 0.573 e. The molecule has 12 heteroatoms. The number of anilines is 2. The second kappa shape index (κ2) is 12.6. The molecular weight excluding hydrogens is 709 g/mol. The third kappa shape index (κ3) is 5.35. The van der Waals surface area contributed by atoms with E-state index in [1.54, 1.807) is 66.7 Å². The van der Waals surface area contributed by atoms with Crippen molar-refractivity contribution in [1.82, 2.24) is 0 Å². The van der Waals surface area contributed by atoms with E-state index >= 15 is 4.79 Å². The standard InChI is InChI=1S/C41H32ClF3N2O6/c1-2-22-11-13-25(14-12-22)46-36(49)29-17-16-28-30(34(29)38(46)51)21-32-37(50)47(26-10-6-9-24(42)19-26)39(52)40(32,23-7-4-3-5-8-23)35(28)31-20-27(15-18-33(31)48)53-41(43,44)45/h3-16,18-20,29-30,32,34-35,48H,2,17,21H2,1H3/t29-,30+,32-,34-,35+,40+/m0/s1. The molecule has 4 aliphatic rings. The van der Waals surface area contributed by atoms with Crippen LogP contribution in [-0.2, 0) is 31.0 Å². The lowest BCUT2D eigenvalue weighted by molar-refractivity contribution is -0.274. The fourth-order valence-corrected chi connectivity index (χ4v) is 9.37. The number of carbonyl (C=O) groups is 4. The van der Waals surface area contributed by atoms with Gasteiger partial charge in [0.05, 0.1) is 34.5 Å². The first-order valence-electron chi connectivity index (χ1n) is 17.3. The van der Waals surface area contributed by atoms with Gasteiger partial charge in [0.25, 0.3) is 0 Å². The number of aryl methyl sites for hydroxylation is 1. The number of phenolic OH excluding ortho intramolecular Hbond substituents is 1. The summed E-state index contributed by atoms with van der Waals surface area (Å²) in [4.78, 5) is 60.9. The Balaban J connectivity index is 1.36. The predicted molar refractivity (Wildman–Crippen MR) is 189 cm³/mol. The normalized spacial score (nSPS) is 26.7. The quantitative estimate of drug-likeness (QED) is 0.159. The molecule has 2 saturated heterocycles. The summed E-state index contributed by atoms with van der Waals surface area (Å²) in [5, 5.41) is 11.8. The van der Waals surface area contributed by atoms with Gasteiger partial charge in [0.15, 0.2) is 0 Å². The zero-order valence-electron chi connectivity index (χ0n) is 28.2. The molecule has 2 aliphatic heterocycles. The molecule has 8 rings (SSSR count). The number of halogens is 4. The van der Waals surface area contributed by atoms with Crippen molar-refractivity contribution in [2.24, 2.45) is 23.7 Å². The molecule has 0 bridgehead atoms. The fraction of sp³-hybridized carbons (Fsp3) is 0.268. The van der Waals surface area contributed by atoms with Gasteiger partial charge in [-0.05, 0) is 84.8 Å². The van der Waals surface area contributed by atoms with Gasteiger partial charge in [-0.25, -0.2) is 4.90 Å². The Hall–Kier alpha value is -5.42. The lowest BCUT2D eigenvalue weighted by Gasteiger charge is -2.50. The highest BCUT2D eigenvalue weighted by Crippen LogP contribution is 2.65. The van der Waals surface area contributed by atoms with E-state index in [1.165, 1.54) is 11.0 Å². The van der Waals surface area contributed by atoms with Gasteiger partial charge in [-0.1, -0.05) is 78.7 Å². The van der Waals surface area contributed by atoms with Crippen molar-refractivity contribution in [3.63, 3.8) is 0 Å². The molecule has 0 unspecified atom stereocenters. The van der Waals surface area contributed by atoms with E-state index in [2.05, 4.69) is 4.74 Å². The van der Waals surface area contributed by atoms with Crippen LogP contribution in [0.5, 0.6) is 11.5 Å². The number of aromatic hydroxyl groups is 1. The second-order valence-corrected chi connectivity index (χ2v) is 14.3. The van der Waals surface area contributed by atoms with Crippen LogP contribution in [0.3, 0.4) is 0 Å². The van der Waals surface area contributed by atoms with Crippen LogP contribution >= 0.6 is 11.6 Å². The molecule has 6 atom stereocenters. The number of allylic oxidation sites excluding steroid dienone is 2. The van der Waals surface area contributed by atoms with Crippen LogP contribution in [-0.4, -0.2) is 35.1 Å². The van der Waals surface area contributed by atoms with Gasteiger partial charge < -0.3 is 9.84 Å². The Morgan fingerprint density at radius 1 is 0.830 bits per heavy atom. The van der Waals surface area contributed by atoms with E-state index in [0.29, 0.717) is 16.8 Å². The van der Waals surface area contributed by atoms with Crippen molar-refractivity contribution in [3.05, 3.63) is 130 Å². The van der Waals surface area contributed by atoms with E-state index in [-0.39, 0.29) is 29.1 Å². The van der Waals surface area contributed by atoms with Crippen LogP contribution in [0.2, 0.25) is 5.02 Å². The maximum atomic E-state index is 15.3. The van der Waals surface area contributed by atoms with Gasteiger partial charge in [-0.15, -0.1) is 13.2 Å². The van der Waals surface area contributed by atoms with Crippen LogP contribution < -0.4 is 14.5 Å². The number of hydrogen-bond donors (Lipinski definition) is 1. The number of amides is 4. The van der Waals surface area contributed by atoms with Crippen LogP contribution in [0.15, 0.2) is 109 Å². The van der Waals surface area contributed by atoms with Crippen LogP contribution in [0.4, 0.5) is 24.5 Å². The topological polar surface area (TPSA) is 104 Å². The van der Waals surface area contributed by atoms with Gasteiger partial charge >= 0.3 is 6.36 Å². The molecule has 4 aromatic carbocycles. The van der Waals surface area contributed by atoms with Crippen LogP contribution in [0.1, 0.15) is 42.4 Å². The fourth-order valence-electron chi connectivity index (χ4n) is 9.18. The molecule has 0 spiro atoms. The van der Waals surface area contributed by atoms with Crippen molar-refractivity contribution in [1.29, 1.82) is 0 Å². The minimum Gasteiger partial charge on any atom is -0.508 e. The predicted octanol–water partition coefficient (Wildman–Crippen LogP) is 7.87. The van der Waals surface area contributed by atoms with Crippen molar-refractivity contribution in [2.75, 3.05) is 9.80 Å². The number of alkyl halides is 3. The van der Waals surface area contributed by atoms with E-state index < -0.39 is 76.5 Å². The highest BCUT2D eigenvalue weighted by Gasteiger charge is 2.70. The Labute approximate surface area is 307 Å². The molecule has 53 heavy (non-hydrogen) atoms. The summed E-state index contributed by atoms with van der Waals surface area (Å²) in [6, 6.07) is 24.9. The van der Waals surface area contributed by atoms with Gasteiger partial charge in [0, 0.05) is 16.5 Å². The minimum absolute atomic E-state index is 0.0266. The second-order valence-electron chi connectivity index (χ2n) is 13.9. The lowest BCUT2D eigenvalue weighted by atomic mass is 9.49. The zero-order chi connectivity index (χ0) is 37.4. The molecule has 4 amide bonds. The molecule has 1 saturated carbocycles. The Morgan fingerprint density at radius 3 is 2.25 bits per heavy atom. The molecule has 0 aromatic heterocycles. The zero-order valence-corrected chi connectivity index (χ0v) is 29.0. The molecule has 0 radical (unpaired) electrons. The molecule has 270 valence electrons. The SMILES string of the molecule is CCc1ccc(N2C(=O)[C@H]3[C@H](CC=C4[C@H]3C[C@H]3C(=O)N(c5cccc(Cl)c5)C(=O)[C@@]3(c3ccccc3)[C@H]4c3cc(OC(F)(F)F)ccc3O)C2=O)cc1. The van der Waals surface area contributed by atoms with Crippen LogP contribution in [0, 0.1) is 23.7 Å². The summed E-state index contributed by atoms with van der Waals surface area (Å²) >= 11 is 6.34. The summed E-state index contributed by atoms with van der Waals surface area (Å²) < 4.78 is 45.0. The largest absolute Gasteiger partial charge is 0.573 e. The summed E-state index contributed by atoms with van der Waals surface area (Å²) in [5.74, 6) is -8.14. The van der Waals surface area contributed by atoms with Gasteiger partial charge in [-0.3, -0.25) is 24.1 Å². The lowest BCUT2D eigenvalue weighted by Crippen LogP contribution is -2.53. The van der Waals surface area contributed by atoms with E-state index in [1.807, 2.05) is 19.1 Å². The van der Waals surface area contributed by atoms with Crippen molar-refractivity contribution < 1.29 is 42.2 Å². The summed E-state index contributed by atoms with van der Waals surface area (Å²) in [6.07, 6.45) is -2.48. The molecule has 3 fully saturated rings. The average molecular weight is 741 g/mol. The van der Waals surface area contributed by atoms with Crippen molar-refractivity contribution in [3.8, 4) is 11.5 Å². The smallest absolute Gasteiger partial charge is 0.508 e. The number of carbonyl (C=O) groups excluding carboxylic acids is 4. The summed E-state index contributed by atoms with van der Waals surface area (Å²) in [7, 11) is 0. The molecule has 2 aliphatic carbocycles. The molecular formula is C41H32ClF3N2O6. The number of nitrogens with zero attached hydrogens (tertiary/aromatic N) is 2. The Bertz CT molecular complexity index is 2210. The Morgan fingerprint density at radius 2 is 1.57 bits per heavy atom. The highest BCUT2D eigenvalue weighted by molar-refractivity contribution is 6.32. The molecule has 4 aromatic rings. The minimum atomic E-state index is -5.07. The molecule has 2 heterocycles. The van der Waals surface area contributed by atoms with E-state index in [4.69, 9.17) is 11.6 Å². The number of rotatable bonds is 6. The third-order valence-corrected chi connectivity index (χ3v) is 11.5. The number of fused-ring (bicyclic) bond motifs is 4. The summed E-state index contributed by atoms with van der Waals surface area (Å²) in [5.41, 5.74) is 0.605. The van der Waals surface area contributed by atoms with Crippen LogP contribution in [0.25, 0.3) is 0 Å². The number of benzene rings is 4. The number of phenols is 1. The number of ether oxygens (including phenoxy) is 1. The monoisotopic (exact) mass is 740 g/mol. The molecule has 1 N–H and O–H groups in total. The van der Waals surface area contributed by atoms with Gasteiger partial charge in [-0.2, -0.15) is 0 Å². The summed E-state index contributed by atoms with van der Waals surface area (Å²) in [6.45, 7) is 1.99. The third-order valence-electron chi connectivity index (χ3n) is 11.3. The van der Waals surface area contributed by atoms with Crippen molar-refractivity contribution in [2.45, 2.75) is 43.9 Å². The number of hydrogen-bond acceptors (Lipinski definition) is 6. The van der Waals surface area contributed by atoms with Gasteiger partial charge in [0.2, 0.25) is 23.6 Å². The first-order valence-corrected chi connectivity index (χ1v) is 17.7. The highest BCUT2D eigenvalue weighted by atomic mass is 35.5. The Kier molecular flexibility index (Phi) is 8.25. The molecule has 8 nitrogen and oxygen atoms in total. The first kappa shape index (κ1) is 34.7.